The summed E-state index contributed by atoms with van der Waals surface area (Å²) in [5.41, 5.74) is 0.925. The summed E-state index contributed by atoms with van der Waals surface area (Å²) in [5.74, 6) is 0.155. The quantitative estimate of drug-likeness (QED) is 0.811. The molecule has 0 atom stereocenters. The van der Waals surface area contributed by atoms with Gasteiger partial charge < -0.3 is 10.2 Å². The molecule has 1 N–H and O–H groups in total. The Labute approximate surface area is 108 Å². The van der Waals surface area contributed by atoms with Gasteiger partial charge in [-0.25, -0.2) is 0 Å². The molecule has 1 aromatic rings. The highest BCUT2D eigenvalue weighted by atomic mass is 16.2. The molecule has 98 valence electrons. The summed E-state index contributed by atoms with van der Waals surface area (Å²) in [5, 5.41) is 3.28. The summed E-state index contributed by atoms with van der Waals surface area (Å²) in [6.45, 7) is 4.91. The summed E-state index contributed by atoms with van der Waals surface area (Å²) in [6.07, 6.45) is 1.75. The lowest BCUT2D eigenvalue weighted by molar-refractivity contribution is -0.131. The van der Waals surface area contributed by atoms with Crippen LogP contribution in [0.15, 0.2) is 24.4 Å². The Bertz CT molecular complexity index is 376. The molecule has 1 fully saturated rings. The number of nitrogens with one attached hydrogen (secondary N) is 1. The number of likely N-dealkylation sites (N-methyl/N-ethyl adjacent to an activating group) is 1. The van der Waals surface area contributed by atoms with Gasteiger partial charge in [0.15, 0.2) is 0 Å². The van der Waals surface area contributed by atoms with Gasteiger partial charge in [-0.3, -0.25) is 14.7 Å². The monoisotopic (exact) mass is 248 g/mol. The van der Waals surface area contributed by atoms with E-state index in [2.05, 4.69) is 15.2 Å². The lowest BCUT2D eigenvalue weighted by atomic mass is 10.3. The van der Waals surface area contributed by atoms with Crippen LogP contribution in [0.4, 0.5) is 0 Å². The molecular weight excluding hydrogens is 228 g/mol. The van der Waals surface area contributed by atoms with E-state index in [9.17, 15) is 4.79 Å². The van der Waals surface area contributed by atoms with Gasteiger partial charge in [0.2, 0.25) is 5.91 Å². The highest BCUT2D eigenvalue weighted by molar-refractivity contribution is 5.77. The minimum Gasteiger partial charge on any atom is -0.339 e. The Morgan fingerprint density at radius 3 is 2.89 bits per heavy atom. The Morgan fingerprint density at radius 1 is 1.44 bits per heavy atom. The first-order chi connectivity index (χ1) is 8.75. The van der Waals surface area contributed by atoms with E-state index < -0.39 is 0 Å². The minimum absolute atomic E-state index is 0.155. The van der Waals surface area contributed by atoms with Gasteiger partial charge >= 0.3 is 0 Å². The predicted octanol–water partition coefficient (Wildman–Crippen LogP) is -0.0548. The van der Waals surface area contributed by atoms with Crippen molar-refractivity contribution in [3.05, 3.63) is 30.1 Å². The number of amides is 1. The van der Waals surface area contributed by atoms with Crippen molar-refractivity contribution in [1.82, 2.24) is 20.1 Å². The van der Waals surface area contributed by atoms with Gasteiger partial charge in [0.05, 0.1) is 18.8 Å². The van der Waals surface area contributed by atoms with E-state index in [1.165, 1.54) is 0 Å². The van der Waals surface area contributed by atoms with E-state index in [0.29, 0.717) is 13.1 Å². The third kappa shape index (κ3) is 3.78. The second kappa shape index (κ2) is 6.47. The molecule has 1 aliphatic rings. The van der Waals surface area contributed by atoms with Crippen molar-refractivity contribution in [2.24, 2.45) is 0 Å². The van der Waals surface area contributed by atoms with Gasteiger partial charge in [0.25, 0.3) is 0 Å². The zero-order valence-corrected chi connectivity index (χ0v) is 10.8. The maximum absolute atomic E-state index is 12.1. The topological polar surface area (TPSA) is 48.5 Å². The standard InChI is InChI=1S/C13H20N4O/c1-16(10-12-4-2-3-5-15-12)13(18)11-17-8-6-14-7-9-17/h2-5,14H,6-11H2,1H3. The number of hydrogen-bond acceptors (Lipinski definition) is 4. The van der Waals surface area contributed by atoms with Crippen LogP contribution in [0.25, 0.3) is 0 Å². The predicted molar refractivity (Wildman–Crippen MR) is 70.0 cm³/mol. The second-order valence-corrected chi connectivity index (χ2v) is 4.60. The zero-order chi connectivity index (χ0) is 12.8. The highest BCUT2D eigenvalue weighted by Crippen LogP contribution is 2.01. The van der Waals surface area contributed by atoms with Crippen molar-refractivity contribution in [3.8, 4) is 0 Å². The Hall–Kier alpha value is -1.46. The lowest BCUT2D eigenvalue weighted by Gasteiger charge is -2.28. The molecule has 5 heteroatoms. The number of aromatic nitrogens is 1. The van der Waals surface area contributed by atoms with Crippen LogP contribution in [0.3, 0.4) is 0 Å². The molecule has 1 aromatic heterocycles. The first-order valence-electron chi connectivity index (χ1n) is 6.32. The molecule has 0 radical (unpaired) electrons. The van der Waals surface area contributed by atoms with Crippen molar-refractivity contribution in [2.45, 2.75) is 6.54 Å². The van der Waals surface area contributed by atoms with E-state index in [0.717, 1.165) is 31.9 Å². The normalized spacial score (nSPS) is 16.5. The van der Waals surface area contributed by atoms with E-state index in [1.54, 1.807) is 11.1 Å². The van der Waals surface area contributed by atoms with Crippen molar-refractivity contribution in [1.29, 1.82) is 0 Å². The third-order valence-corrected chi connectivity index (χ3v) is 3.12. The van der Waals surface area contributed by atoms with Gasteiger partial charge in [0, 0.05) is 39.4 Å². The average Bonchev–Trinajstić information content (AvgIpc) is 2.41. The number of carbonyl (C=O) groups excluding carboxylic acids is 1. The van der Waals surface area contributed by atoms with Crippen LogP contribution in [0.5, 0.6) is 0 Å². The van der Waals surface area contributed by atoms with Crippen LogP contribution in [0.2, 0.25) is 0 Å². The SMILES string of the molecule is CN(Cc1ccccn1)C(=O)CN1CCNCC1. The third-order valence-electron chi connectivity index (χ3n) is 3.12. The Morgan fingerprint density at radius 2 is 2.22 bits per heavy atom. The van der Waals surface area contributed by atoms with Crippen molar-refractivity contribution in [3.63, 3.8) is 0 Å². The number of pyridine rings is 1. The fourth-order valence-corrected chi connectivity index (χ4v) is 2.00. The first-order valence-corrected chi connectivity index (χ1v) is 6.32. The summed E-state index contributed by atoms with van der Waals surface area (Å²) in [4.78, 5) is 20.2. The summed E-state index contributed by atoms with van der Waals surface area (Å²) < 4.78 is 0. The van der Waals surface area contributed by atoms with Gasteiger partial charge in [-0.2, -0.15) is 0 Å². The molecule has 0 spiro atoms. The van der Waals surface area contributed by atoms with Crippen molar-refractivity contribution >= 4 is 5.91 Å². The van der Waals surface area contributed by atoms with Crippen LogP contribution in [-0.2, 0) is 11.3 Å². The maximum Gasteiger partial charge on any atom is 0.236 e. The molecule has 0 aromatic carbocycles. The molecule has 1 aliphatic heterocycles. The summed E-state index contributed by atoms with van der Waals surface area (Å²) >= 11 is 0. The van der Waals surface area contributed by atoms with E-state index in [1.807, 2.05) is 25.2 Å². The van der Waals surface area contributed by atoms with Gasteiger partial charge in [-0.1, -0.05) is 6.07 Å². The van der Waals surface area contributed by atoms with E-state index >= 15 is 0 Å². The molecule has 5 nitrogen and oxygen atoms in total. The van der Waals surface area contributed by atoms with Crippen LogP contribution in [0.1, 0.15) is 5.69 Å². The maximum atomic E-state index is 12.1. The molecule has 2 heterocycles. The largest absolute Gasteiger partial charge is 0.339 e. The Balaban J connectivity index is 1.81. The molecule has 1 amide bonds. The highest BCUT2D eigenvalue weighted by Gasteiger charge is 2.16. The lowest BCUT2D eigenvalue weighted by Crippen LogP contribution is -2.47. The van der Waals surface area contributed by atoms with Crippen LogP contribution < -0.4 is 5.32 Å². The van der Waals surface area contributed by atoms with Gasteiger partial charge in [-0.05, 0) is 12.1 Å². The number of hydrogen-bond donors (Lipinski definition) is 1. The first kappa shape index (κ1) is 13.0. The van der Waals surface area contributed by atoms with Crippen molar-refractivity contribution in [2.75, 3.05) is 39.8 Å². The molecule has 18 heavy (non-hydrogen) atoms. The number of carbonyl (C=O) groups is 1. The van der Waals surface area contributed by atoms with Gasteiger partial charge in [-0.15, -0.1) is 0 Å². The van der Waals surface area contributed by atoms with Crippen LogP contribution >= 0.6 is 0 Å². The number of rotatable bonds is 4. The van der Waals surface area contributed by atoms with Crippen LogP contribution in [-0.4, -0.2) is 60.5 Å². The molecule has 1 saturated heterocycles. The molecular formula is C13H20N4O. The number of nitrogens with zero attached hydrogens (tertiary/aromatic N) is 3. The summed E-state index contributed by atoms with van der Waals surface area (Å²) in [6, 6.07) is 5.76. The minimum atomic E-state index is 0.155. The fraction of sp³-hybridized carbons (Fsp3) is 0.538. The molecule has 0 unspecified atom stereocenters. The van der Waals surface area contributed by atoms with Crippen LogP contribution in [0, 0.1) is 0 Å². The zero-order valence-electron chi connectivity index (χ0n) is 10.8. The fourth-order valence-electron chi connectivity index (χ4n) is 2.00. The molecule has 2 rings (SSSR count). The Kier molecular flexibility index (Phi) is 4.66. The van der Waals surface area contributed by atoms with Crippen molar-refractivity contribution < 1.29 is 4.79 Å². The molecule has 0 bridgehead atoms. The average molecular weight is 248 g/mol. The van der Waals surface area contributed by atoms with E-state index in [4.69, 9.17) is 0 Å². The molecule has 0 aliphatic carbocycles. The second-order valence-electron chi connectivity index (χ2n) is 4.60. The van der Waals surface area contributed by atoms with Gasteiger partial charge in [0.1, 0.15) is 0 Å². The number of piperazine rings is 1. The molecule has 0 saturated carbocycles. The summed E-state index contributed by atoms with van der Waals surface area (Å²) in [7, 11) is 1.83. The smallest absolute Gasteiger partial charge is 0.236 e. The van der Waals surface area contributed by atoms with E-state index in [-0.39, 0.29) is 5.91 Å².